The van der Waals surface area contributed by atoms with Gasteiger partial charge in [-0.3, -0.25) is 9.20 Å². The van der Waals surface area contributed by atoms with Gasteiger partial charge in [0, 0.05) is 34.9 Å². The van der Waals surface area contributed by atoms with Gasteiger partial charge in [-0.05, 0) is 37.3 Å². The van der Waals surface area contributed by atoms with Gasteiger partial charge in [-0.15, -0.1) is 0 Å². The van der Waals surface area contributed by atoms with Crippen LogP contribution in [0.5, 0.6) is 17.2 Å². The number of nitrogens with zero attached hydrogens (tertiary/aromatic N) is 3. The molecule has 1 N–H and O–H groups in total. The highest BCUT2D eigenvalue weighted by Gasteiger charge is 2.17. The van der Waals surface area contributed by atoms with E-state index in [0.717, 1.165) is 17.0 Å². The van der Waals surface area contributed by atoms with Gasteiger partial charge in [-0.1, -0.05) is 12.1 Å². The van der Waals surface area contributed by atoms with Gasteiger partial charge in [0.05, 0.1) is 27.0 Å². The van der Waals surface area contributed by atoms with Gasteiger partial charge in [-0.2, -0.15) is 0 Å². The molecule has 0 atom stereocenters. The van der Waals surface area contributed by atoms with Crippen LogP contribution in [0.3, 0.4) is 0 Å². The molecule has 0 aliphatic carbocycles. The first-order chi connectivity index (χ1) is 15.0. The molecule has 0 radical (unpaired) electrons. The molecule has 2 aromatic carbocycles. The first-order valence-corrected chi connectivity index (χ1v) is 9.56. The molecule has 8 heteroatoms. The summed E-state index contributed by atoms with van der Waals surface area (Å²) in [6.45, 7) is 1.93. The molecule has 0 unspecified atom stereocenters. The number of anilines is 1. The van der Waals surface area contributed by atoms with Crippen molar-refractivity contribution >= 4 is 17.4 Å². The summed E-state index contributed by atoms with van der Waals surface area (Å²) in [4.78, 5) is 21.7. The molecule has 8 nitrogen and oxygen atoms in total. The van der Waals surface area contributed by atoms with Crippen LogP contribution in [0.15, 0.2) is 54.9 Å². The second-order valence-corrected chi connectivity index (χ2v) is 6.85. The Kier molecular flexibility index (Phi) is 5.44. The van der Waals surface area contributed by atoms with E-state index in [4.69, 9.17) is 14.2 Å². The third-order valence-corrected chi connectivity index (χ3v) is 4.83. The first kappa shape index (κ1) is 20.2. The van der Waals surface area contributed by atoms with Crippen LogP contribution in [-0.4, -0.2) is 41.6 Å². The third-order valence-electron chi connectivity index (χ3n) is 4.83. The average molecular weight is 418 g/mol. The van der Waals surface area contributed by atoms with Crippen molar-refractivity contribution in [2.24, 2.45) is 0 Å². The molecular weight excluding hydrogens is 396 g/mol. The number of fused-ring (bicyclic) bond motifs is 1. The fourth-order valence-electron chi connectivity index (χ4n) is 3.24. The number of aryl methyl sites for hydroxylation is 1. The Morgan fingerprint density at radius 1 is 0.935 bits per heavy atom. The molecule has 31 heavy (non-hydrogen) atoms. The van der Waals surface area contributed by atoms with Crippen molar-refractivity contribution in [3.8, 4) is 28.5 Å². The zero-order valence-corrected chi connectivity index (χ0v) is 17.7. The van der Waals surface area contributed by atoms with E-state index in [1.807, 2.05) is 54.0 Å². The largest absolute Gasteiger partial charge is 0.493 e. The number of rotatable bonds is 6. The Hall–Kier alpha value is -4.07. The number of carbonyl (C=O) groups excluding carboxylic acids is 1. The van der Waals surface area contributed by atoms with Gasteiger partial charge in [0.15, 0.2) is 11.5 Å². The molecule has 0 saturated carbocycles. The molecule has 4 aromatic rings. The average Bonchev–Trinajstić information content (AvgIpc) is 3.21. The maximum atomic E-state index is 12.8. The van der Waals surface area contributed by atoms with Crippen LogP contribution < -0.4 is 19.5 Å². The van der Waals surface area contributed by atoms with E-state index in [1.54, 1.807) is 12.1 Å². The second-order valence-electron chi connectivity index (χ2n) is 6.85. The van der Waals surface area contributed by atoms with Crippen molar-refractivity contribution in [1.82, 2.24) is 14.4 Å². The zero-order valence-electron chi connectivity index (χ0n) is 17.7. The van der Waals surface area contributed by atoms with Gasteiger partial charge in [0.1, 0.15) is 0 Å². The van der Waals surface area contributed by atoms with E-state index >= 15 is 0 Å². The number of ether oxygens (including phenoxy) is 3. The van der Waals surface area contributed by atoms with Crippen LogP contribution in [0.4, 0.5) is 5.69 Å². The number of nitrogens with one attached hydrogen (secondary N) is 1. The van der Waals surface area contributed by atoms with Crippen LogP contribution in [0.1, 0.15) is 16.1 Å². The molecule has 0 bridgehead atoms. The van der Waals surface area contributed by atoms with E-state index < -0.39 is 0 Å². The highest BCUT2D eigenvalue weighted by Crippen LogP contribution is 2.38. The van der Waals surface area contributed by atoms with Gasteiger partial charge in [0.25, 0.3) is 5.91 Å². The number of methoxy groups -OCH3 is 3. The monoisotopic (exact) mass is 418 g/mol. The van der Waals surface area contributed by atoms with Crippen LogP contribution in [0, 0.1) is 6.92 Å². The van der Waals surface area contributed by atoms with Crippen molar-refractivity contribution in [3.63, 3.8) is 0 Å². The van der Waals surface area contributed by atoms with Crippen LogP contribution >= 0.6 is 0 Å². The number of hydrogen-bond acceptors (Lipinski definition) is 6. The van der Waals surface area contributed by atoms with Crippen LogP contribution in [0.2, 0.25) is 0 Å². The highest BCUT2D eigenvalue weighted by molar-refractivity contribution is 6.05. The summed E-state index contributed by atoms with van der Waals surface area (Å²) >= 11 is 0. The van der Waals surface area contributed by atoms with Crippen LogP contribution in [-0.2, 0) is 0 Å². The second kappa shape index (κ2) is 8.35. The SMILES string of the molecule is COc1cc(C(=O)Nc2ccc(-c3cn4ccc(C)nc4n3)cc2)cc(OC)c1OC. The lowest BCUT2D eigenvalue weighted by Gasteiger charge is -2.14. The van der Waals surface area contributed by atoms with Gasteiger partial charge >= 0.3 is 0 Å². The lowest BCUT2D eigenvalue weighted by atomic mass is 10.1. The minimum absolute atomic E-state index is 0.292. The molecule has 2 heterocycles. The number of carbonyl (C=O) groups is 1. The third kappa shape index (κ3) is 4.00. The van der Waals surface area contributed by atoms with Crippen LogP contribution in [0.25, 0.3) is 17.0 Å². The molecule has 158 valence electrons. The maximum absolute atomic E-state index is 12.8. The molecule has 0 aliphatic heterocycles. The van der Waals surface area contributed by atoms with E-state index in [0.29, 0.717) is 34.3 Å². The van der Waals surface area contributed by atoms with E-state index in [2.05, 4.69) is 15.3 Å². The van der Waals surface area contributed by atoms with E-state index in [-0.39, 0.29) is 5.91 Å². The standard InChI is InChI=1S/C23H22N4O4/c1-14-9-10-27-13-18(26-23(27)24-14)15-5-7-17(8-6-15)25-22(28)16-11-19(29-2)21(31-4)20(12-16)30-3/h5-13H,1-4H3,(H,25,28). The quantitative estimate of drug-likeness (QED) is 0.510. The highest BCUT2D eigenvalue weighted by atomic mass is 16.5. The minimum Gasteiger partial charge on any atom is -0.493 e. The van der Waals surface area contributed by atoms with Crippen molar-refractivity contribution in [3.05, 3.63) is 66.1 Å². The Morgan fingerprint density at radius 2 is 1.61 bits per heavy atom. The number of hydrogen-bond donors (Lipinski definition) is 1. The molecule has 0 fully saturated rings. The lowest BCUT2D eigenvalue weighted by molar-refractivity contribution is 0.102. The molecule has 2 aromatic heterocycles. The Labute approximate surface area is 179 Å². The van der Waals surface area contributed by atoms with Gasteiger partial charge in [-0.25, -0.2) is 9.97 Å². The fraction of sp³-hybridized carbons (Fsp3) is 0.174. The van der Waals surface area contributed by atoms with Crippen molar-refractivity contribution < 1.29 is 19.0 Å². The number of amides is 1. The normalized spacial score (nSPS) is 10.7. The Morgan fingerprint density at radius 3 is 2.23 bits per heavy atom. The molecule has 1 amide bonds. The summed E-state index contributed by atoms with van der Waals surface area (Å²) < 4.78 is 17.8. The summed E-state index contributed by atoms with van der Waals surface area (Å²) in [6, 6.07) is 12.6. The van der Waals surface area contributed by atoms with Crippen molar-refractivity contribution in [1.29, 1.82) is 0 Å². The molecule has 4 rings (SSSR count). The smallest absolute Gasteiger partial charge is 0.255 e. The summed E-state index contributed by atoms with van der Waals surface area (Å²) in [5.41, 5.74) is 3.68. The Bertz CT molecular complexity index is 1220. The summed E-state index contributed by atoms with van der Waals surface area (Å²) in [6.07, 6.45) is 3.85. The summed E-state index contributed by atoms with van der Waals surface area (Å²) in [5.74, 6) is 1.62. The molecular formula is C23H22N4O4. The number of aromatic nitrogens is 3. The lowest BCUT2D eigenvalue weighted by Crippen LogP contribution is -2.12. The Balaban J connectivity index is 1.55. The minimum atomic E-state index is -0.292. The predicted octanol–water partition coefficient (Wildman–Crippen LogP) is 3.98. The number of imidazole rings is 1. The fourth-order valence-corrected chi connectivity index (χ4v) is 3.24. The first-order valence-electron chi connectivity index (χ1n) is 9.56. The van der Waals surface area contributed by atoms with Crippen molar-refractivity contribution in [2.45, 2.75) is 6.92 Å². The predicted molar refractivity (Wildman–Crippen MR) is 117 cm³/mol. The molecule has 0 aliphatic rings. The number of benzene rings is 2. The van der Waals surface area contributed by atoms with E-state index in [9.17, 15) is 4.79 Å². The van der Waals surface area contributed by atoms with Gasteiger partial charge < -0.3 is 19.5 Å². The molecule has 0 saturated heterocycles. The zero-order chi connectivity index (χ0) is 22.0. The molecule has 0 spiro atoms. The summed E-state index contributed by atoms with van der Waals surface area (Å²) in [7, 11) is 4.53. The topological polar surface area (TPSA) is 87.0 Å². The maximum Gasteiger partial charge on any atom is 0.255 e. The van der Waals surface area contributed by atoms with Crippen molar-refractivity contribution in [2.75, 3.05) is 26.6 Å². The van der Waals surface area contributed by atoms with E-state index in [1.165, 1.54) is 21.3 Å². The van der Waals surface area contributed by atoms with Gasteiger partial charge in [0.2, 0.25) is 11.5 Å². The summed E-state index contributed by atoms with van der Waals surface area (Å²) in [5, 5.41) is 2.88.